The first-order valence-corrected chi connectivity index (χ1v) is 6.38. The molecule has 0 aliphatic heterocycles. The molecule has 106 valence electrons. The van der Waals surface area contributed by atoms with E-state index in [0.29, 0.717) is 17.9 Å². The van der Waals surface area contributed by atoms with E-state index >= 15 is 0 Å². The van der Waals surface area contributed by atoms with Gasteiger partial charge in [-0.2, -0.15) is 0 Å². The molecular weight excluding hydrogens is 244 g/mol. The Kier molecular flexibility index (Phi) is 4.89. The summed E-state index contributed by atoms with van der Waals surface area (Å²) < 4.78 is 1.39. The molecule has 1 rings (SSSR count). The predicted octanol–water partition coefficient (Wildman–Crippen LogP) is 0.912. The van der Waals surface area contributed by atoms with Gasteiger partial charge in [0, 0.05) is 31.4 Å². The van der Waals surface area contributed by atoms with Crippen LogP contribution in [0.25, 0.3) is 0 Å². The molecule has 0 saturated heterocycles. The van der Waals surface area contributed by atoms with E-state index in [9.17, 15) is 14.7 Å². The largest absolute Gasteiger partial charge is 0.388 e. The smallest absolute Gasteiger partial charge is 0.251 e. The molecule has 0 saturated carbocycles. The number of carbonyl (C=O) groups excluding carboxylic acids is 1. The molecule has 0 aliphatic carbocycles. The highest BCUT2D eigenvalue weighted by molar-refractivity contribution is 5.94. The summed E-state index contributed by atoms with van der Waals surface area (Å²) in [6.45, 7) is 5.88. The highest BCUT2D eigenvalue weighted by Gasteiger charge is 2.22. The second-order valence-corrected chi connectivity index (χ2v) is 5.64. The number of rotatable bonds is 5. The molecule has 1 atom stereocenters. The number of nitrogens with zero attached hydrogens (tertiary/aromatic N) is 1. The van der Waals surface area contributed by atoms with Gasteiger partial charge in [0.25, 0.3) is 11.5 Å². The summed E-state index contributed by atoms with van der Waals surface area (Å²) in [5.41, 5.74) is -0.867. The minimum Gasteiger partial charge on any atom is -0.388 e. The Morgan fingerprint density at radius 1 is 1.53 bits per heavy atom. The maximum absolute atomic E-state index is 11.9. The van der Waals surface area contributed by atoms with Gasteiger partial charge >= 0.3 is 0 Å². The third kappa shape index (κ3) is 4.87. The van der Waals surface area contributed by atoms with Crippen molar-refractivity contribution in [3.8, 4) is 0 Å². The molecule has 1 aromatic heterocycles. The van der Waals surface area contributed by atoms with Crippen LogP contribution in [-0.4, -0.2) is 27.7 Å². The lowest BCUT2D eigenvalue weighted by Crippen LogP contribution is -2.41. The average Bonchev–Trinajstić information content (AvgIpc) is 2.28. The van der Waals surface area contributed by atoms with Crippen molar-refractivity contribution in [1.82, 2.24) is 9.88 Å². The summed E-state index contributed by atoms with van der Waals surface area (Å²) in [4.78, 5) is 23.3. The van der Waals surface area contributed by atoms with Crippen molar-refractivity contribution < 1.29 is 9.90 Å². The second-order valence-electron chi connectivity index (χ2n) is 5.64. The molecule has 19 heavy (non-hydrogen) atoms. The van der Waals surface area contributed by atoms with Crippen LogP contribution in [0.3, 0.4) is 0 Å². The van der Waals surface area contributed by atoms with Crippen molar-refractivity contribution in [2.75, 3.05) is 6.54 Å². The SMILES string of the molecule is CC(C)CC(C)(O)CNC(=O)c1ccn(C)c(=O)c1. The number of nitrogens with one attached hydrogen (secondary N) is 1. The van der Waals surface area contributed by atoms with E-state index in [0.717, 1.165) is 0 Å². The summed E-state index contributed by atoms with van der Waals surface area (Å²) in [5.74, 6) is -0.00217. The fourth-order valence-corrected chi connectivity index (χ4v) is 2.01. The van der Waals surface area contributed by atoms with Crippen LogP contribution >= 0.6 is 0 Å². The Morgan fingerprint density at radius 2 is 2.16 bits per heavy atom. The molecule has 1 aromatic rings. The Labute approximate surface area is 113 Å². The number of aliphatic hydroxyl groups is 1. The Morgan fingerprint density at radius 3 is 2.68 bits per heavy atom. The molecule has 0 aliphatic rings. The van der Waals surface area contributed by atoms with Gasteiger partial charge < -0.3 is 15.0 Å². The first kappa shape index (κ1) is 15.4. The van der Waals surface area contributed by atoms with Crippen LogP contribution in [0, 0.1) is 5.92 Å². The zero-order chi connectivity index (χ0) is 14.6. The van der Waals surface area contributed by atoms with Crippen LogP contribution in [0.15, 0.2) is 23.1 Å². The van der Waals surface area contributed by atoms with E-state index in [1.165, 1.54) is 10.6 Å². The van der Waals surface area contributed by atoms with Gasteiger partial charge in [-0.15, -0.1) is 0 Å². The lowest BCUT2D eigenvalue weighted by atomic mass is 9.94. The molecule has 5 heteroatoms. The third-order valence-corrected chi connectivity index (χ3v) is 2.84. The minimum atomic E-state index is -0.941. The van der Waals surface area contributed by atoms with Gasteiger partial charge in [-0.3, -0.25) is 9.59 Å². The van der Waals surface area contributed by atoms with E-state index in [1.807, 2.05) is 13.8 Å². The molecule has 1 unspecified atom stereocenters. The van der Waals surface area contributed by atoms with Gasteiger partial charge in [0.1, 0.15) is 0 Å². The quantitative estimate of drug-likeness (QED) is 0.832. The molecule has 0 spiro atoms. The maximum atomic E-state index is 11.9. The Bertz CT molecular complexity index is 504. The van der Waals surface area contributed by atoms with E-state index < -0.39 is 5.60 Å². The Hall–Kier alpha value is -1.62. The van der Waals surface area contributed by atoms with E-state index in [-0.39, 0.29) is 18.0 Å². The lowest BCUT2D eigenvalue weighted by molar-refractivity contribution is 0.0368. The van der Waals surface area contributed by atoms with Crippen molar-refractivity contribution in [3.63, 3.8) is 0 Å². The number of aryl methyl sites for hydroxylation is 1. The van der Waals surface area contributed by atoms with Crippen LogP contribution in [0.1, 0.15) is 37.6 Å². The topological polar surface area (TPSA) is 71.3 Å². The summed E-state index contributed by atoms with van der Waals surface area (Å²) in [6, 6.07) is 2.86. The molecule has 1 amide bonds. The molecule has 0 aromatic carbocycles. The number of aromatic nitrogens is 1. The second kappa shape index (κ2) is 6.02. The number of pyridine rings is 1. The summed E-state index contributed by atoms with van der Waals surface area (Å²) in [6.07, 6.45) is 2.15. The Balaban J connectivity index is 2.65. The molecule has 2 N–H and O–H groups in total. The summed E-state index contributed by atoms with van der Waals surface area (Å²) in [7, 11) is 1.62. The van der Waals surface area contributed by atoms with Crippen molar-refractivity contribution in [1.29, 1.82) is 0 Å². The summed E-state index contributed by atoms with van der Waals surface area (Å²) >= 11 is 0. The third-order valence-electron chi connectivity index (χ3n) is 2.84. The summed E-state index contributed by atoms with van der Waals surface area (Å²) in [5, 5.41) is 12.8. The van der Waals surface area contributed by atoms with Crippen molar-refractivity contribution in [2.24, 2.45) is 13.0 Å². The molecule has 0 radical (unpaired) electrons. The van der Waals surface area contributed by atoms with Gasteiger partial charge in [-0.1, -0.05) is 13.8 Å². The van der Waals surface area contributed by atoms with Gasteiger partial charge in [0.2, 0.25) is 0 Å². The van der Waals surface area contributed by atoms with Crippen LogP contribution in [-0.2, 0) is 7.05 Å². The minimum absolute atomic E-state index is 0.166. The lowest BCUT2D eigenvalue weighted by Gasteiger charge is -2.25. The van der Waals surface area contributed by atoms with Gasteiger partial charge in [-0.05, 0) is 25.3 Å². The van der Waals surface area contributed by atoms with Crippen molar-refractivity contribution >= 4 is 5.91 Å². The van der Waals surface area contributed by atoms with Crippen LogP contribution in [0.4, 0.5) is 0 Å². The van der Waals surface area contributed by atoms with Crippen LogP contribution < -0.4 is 10.9 Å². The fraction of sp³-hybridized carbons (Fsp3) is 0.571. The van der Waals surface area contributed by atoms with Crippen molar-refractivity contribution in [3.05, 3.63) is 34.2 Å². The fourth-order valence-electron chi connectivity index (χ4n) is 2.01. The monoisotopic (exact) mass is 266 g/mol. The molecule has 0 bridgehead atoms. The van der Waals surface area contributed by atoms with Crippen LogP contribution in [0.2, 0.25) is 0 Å². The normalized spacial score (nSPS) is 14.2. The van der Waals surface area contributed by atoms with Crippen molar-refractivity contribution in [2.45, 2.75) is 32.8 Å². The highest BCUT2D eigenvalue weighted by atomic mass is 16.3. The maximum Gasteiger partial charge on any atom is 0.251 e. The van der Waals surface area contributed by atoms with E-state index in [4.69, 9.17) is 0 Å². The average molecular weight is 266 g/mol. The predicted molar refractivity (Wildman–Crippen MR) is 74.1 cm³/mol. The van der Waals surface area contributed by atoms with Gasteiger partial charge in [0.05, 0.1) is 5.60 Å². The molecule has 1 heterocycles. The molecular formula is C14H22N2O3. The van der Waals surface area contributed by atoms with E-state index in [1.54, 1.807) is 26.2 Å². The number of carbonyl (C=O) groups is 1. The van der Waals surface area contributed by atoms with Gasteiger partial charge in [-0.25, -0.2) is 0 Å². The molecule has 0 fully saturated rings. The number of amides is 1. The zero-order valence-electron chi connectivity index (χ0n) is 11.9. The highest BCUT2D eigenvalue weighted by Crippen LogP contribution is 2.15. The zero-order valence-corrected chi connectivity index (χ0v) is 11.9. The first-order chi connectivity index (χ1) is 8.71. The van der Waals surface area contributed by atoms with E-state index in [2.05, 4.69) is 5.32 Å². The van der Waals surface area contributed by atoms with Crippen LogP contribution in [0.5, 0.6) is 0 Å². The first-order valence-electron chi connectivity index (χ1n) is 6.38. The molecule has 5 nitrogen and oxygen atoms in total. The van der Waals surface area contributed by atoms with Gasteiger partial charge in [0.15, 0.2) is 0 Å². The number of hydrogen-bond donors (Lipinski definition) is 2. The number of hydrogen-bond acceptors (Lipinski definition) is 3. The standard InChI is InChI=1S/C14H22N2O3/c1-10(2)8-14(3,19)9-15-13(18)11-5-6-16(4)12(17)7-11/h5-7,10,19H,8-9H2,1-4H3,(H,15,18).